The topological polar surface area (TPSA) is 164 Å². The highest BCUT2D eigenvalue weighted by atomic mass is 16.7. The van der Waals surface area contributed by atoms with Crippen LogP contribution in [0.2, 0.25) is 0 Å². The van der Waals surface area contributed by atoms with Crippen molar-refractivity contribution in [3.05, 3.63) is 64.0 Å². The molecule has 3 heterocycles. The van der Waals surface area contributed by atoms with Crippen LogP contribution in [-0.2, 0) is 19.0 Å². The number of fused-ring (bicyclic) bond motifs is 1. The van der Waals surface area contributed by atoms with Crippen LogP contribution in [-0.4, -0.2) is 73.5 Å². The fraction of sp³-hybridized carbons (Fsp3) is 0.417. The van der Waals surface area contributed by atoms with Crippen molar-refractivity contribution >= 4 is 17.4 Å². The SMILES string of the molecule is O=C(NCCNc1ccc([N+](=O)[O-])cn1)C1=C[C@H](c2ccc3c(c2)OCO3)C[C@H](OCCOCCO)O1. The Bertz CT molecular complexity index is 1110. The van der Waals surface area contributed by atoms with Gasteiger partial charge in [0.05, 0.1) is 31.4 Å². The molecule has 0 saturated carbocycles. The second-order valence-corrected chi connectivity index (χ2v) is 8.08. The zero-order chi connectivity index (χ0) is 26.0. The van der Waals surface area contributed by atoms with E-state index in [2.05, 4.69) is 15.6 Å². The largest absolute Gasteiger partial charge is 0.459 e. The highest BCUT2D eigenvalue weighted by Crippen LogP contribution is 2.38. The third kappa shape index (κ3) is 7.29. The fourth-order valence-electron chi connectivity index (χ4n) is 3.75. The highest BCUT2D eigenvalue weighted by Gasteiger charge is 2.29. The lowest BCUT2D eigenvalue weighted by molar-refractivity contribution is -0.385. The minimum Gasteiger partial charge on any atom is -0.459 e. The second kappa shape index (κ2) is 12.9. The van der Waals surface area contributed by atoms with Crippen LogP contribution in [0.3, 0.4) is 0 Å². The van der Waals surface area contributed by atoms with Crippen molar-refractivity contribution in [2.24, 2.45) is 0 Å². The van der Waals surface area contributed by atoms with Crippen molar-refractivity contribution in [2.75, 3.05) is 51.6 Å². The van der Waals surface area contributed by atoms with E-state index in [9.17, 15) is 14.9 Å². The van der Waals surface area contributed by atoms with Gasteiger partial charge in [-0.25, -0.2) is 4.98 Å². The van der Waals surface area contributed by atoms with Gasteiger partial charge < -0.3 is 39.4 Å². The number of pyridine rings is 1. The maximum absolute atomic E-state index is 12.9. The first-order valence-electron chi connectivity index (χ1n) is 11.7. The molecule has 2 aromatic rings. The van der Waals surface area contributed by atoms with Crippen LogP contribution in [0.25, 0.3) is 0 Å². The van der Waals surface area contributed by atoms with Gasteiger partial charge in [-0.3, -0.25) is 14.9 Å². The van der Waals surface area contributed by atoms with E-state index in [1.165, 1.54) is 12.1 Å². The number of carbonyl (C=O) groups is 1. The molecule has 1 aromatic heterocycles. The van der Waals surface area contributed by atoms with Crippen LogP contribution in [0.15, 0.2) is 48.4 Å². The van der Waals surface area contributed by atoms with Gasteiger partial charge >= 0.3 is 0 Å². The molecule has 4 rings (SSSR count). The quantitative estimate of drug-likeness (QED) is 0.202. The van der Waals surface area contributed by atoms with Crippen molar-refractivity contribution in [1.82, 2.24) is 10.3 Å². The molecule has 198 valence electrons. The van der Waals surface area contributed by atoms with Crippen LogP contribution < -0.4 is 20.1 Å². The summed E-state index contributed by atoms with van der Waals surface area (Å²) in [6.07, 6.45) is 2.71. The molecule has 1 aromatic carbocycles. The summed E-state index contributed by atoms with van der Waals surface area (Å²) < 4.78 is 27.7. The molecule has 0 aliphatic carbocycles. The van der Waals surface area contributed by atoms with E-state index in [4.69, 9.17) is 28.8 Å². The van der Waals surface area contributed by atoms with Crippen molar-refractivity contribution in [3.8, 4) is 11.5 Å². The number of nitro groups is 1. The van der Waals surface area contributed by atoms with Gasteiger partial charge in [0.1, 0.15) is 12.0 Å². The third-order valence-corrected chi connectivity index (χ3v) is 5.55. The zero-order valence-electron chi connectivity index (χ0n) is 20.0. The number of nitrogens with one attached hydrogen (secondary N) is 2. The number of anilines is 1. The Morgan fingerprint density at radius 3 is 2.81 bits per heavy atom. The Hall–Kier alpha value is -3.94. The van der Waals surface area contributed by atoms with Crippen LogP contribution in [0, 0.1) is 10.1 Å². The lowest BCUT2D eigenvalue weighted by Crippen LogP contribution is -2.35. The number of rotatable bonds is 13. The molecule has 1 amide bonds. The van der Waals surface area contributed by atoms with Gasteiger partial charge in [0.25, 0.3) is 11.6 Å². The number of amides is 1. The number of allylic oxidation sites excluding steroid dienone is 1. The maximum atomic E-state index is 12.9. The van der Waals surface area contributed by atoms with Gasteiger partial charge in [-0.2, -0.15) is 0 Å². The number of carbonyl (C=O) groups excluding carboxylic acids is 1. The monoisotopic (exact) mass is 516 g/mol. The Morgan fingerprint density at radius 2 is 2.03 bits per heavy atom. The van der Waals surface area contributed by atoms with Crippen molar-refractivity contribution < 1.29 is 38.5 Å². The van der Waals surface area contributed by atoms with E-state index >= 15 is 0 Å². The molecule has 0 radical (unpaired) electrons. The summed E-state index contributed by atoms with van der Waals surface area (Å²) in [6.45, 7) is 1.42. The third-order valence-electron chi connectivity index (χ3n) is 5.55. The number of ether oxygens (including phenoxy) is 5. The smallest absolute Gasteiger partial charge is 0.287 e. The predicted octanol–water partition coefficient (Wildman–Crippen LogP) is 1.69. The number of hydrogen-bond acceptors (Lipinski definition) is 11. The molecule has 0 bridgehead atoms. The molecule has 13 heteroatoms. The molecule has 2 aliphatic rings. The molecule has 0 unspecified atom stereocenters. The number of nitrogens with zero attached hydrogens (tertiary/aromatic N) is 2. The summed E-state index contributed by atoms with van der Waals surface area (Å²) in [5.74, 6) is 1.31. The summed E-state index contributed by atoms with van der Waals surface area (Å²) >= 11 is 0. The average molecular weight is 517 g/mol. The number of aliphatic hydroxyl groups excluding tert-OH is 1. The van der Waals surface area contributed by atoms with E-state index in [-0.39, 0.29) is 57.1 Å². The van der Waals surface area contributed by atoms with E-state index in [1.807, 2.05) is 18.2 Å². The first-order chi connectivity index (χ1) is 18.0. The normalized spacial score (nSPS) is 18.0. The summed E-state index contributed by atoms with van der Waals surface area (Å²) in [4.78, 5) is 27.1. The summed E-state index contributed by atoms with van der Waals surface area (Å²) in [5, 5.41) is 25.3. The Kier molecular flexibility index (Phi) is 9.08. The Labute approximate surface area is 212 Å². The molecule has 37 heavy (non-hydrogen) atoms. The highest BCUT2D eigenvalue weighted by molar-refractivity contribution is 5.91. The van der Waals surface area contributed by atoms with Gasteiger partial charge in [-0.15, -0.1) is 0 Å². The lowest BCUT2D eigenvalue weighted by atomic mass is 9.92. The zero-order valence-corrected chi connectivity index (χ0v) is 20.0. The first kappa shape index (κ1) is 26.1. The van der Waals surface area contributed by atoms with Gasteiger partial charge in [-0.05, 0) is 29.8 Å². The molecule has 2 atom stereocenters. The minimum atomic E-state index is -0.679. The number of hydrogen-bond donors (Lipinski definition) is 3. The predicted molar refractivity (Wildman–Crippen MR) is 129 cm³/mol. The van der Waals surface area contributed by atoms with E-state index in [1.54, 1.807) is 6.08 Å². The van der Waals surface area contributed by atoms with Crippen molar-refractivity contribution in [2.45, 2.75) is 18.6 Å². The van der Waals surface area contributed by atoms with Crippen LogP contribution in [0.4, 0.5) is 11.5 Å². The maximum Gasteiger partial charge on any atom is 0.287 e. The second-order valence-electron chi connectivity index (χ2n) is 8.08. The fourth-order valence-corrected chi connectivity index (χ4v) is 3.75. The summed E-state index contributed by atoms with van der Waals surface area (Å²) in [7, 11) is 0. The number of benzene rings is 1. The molecular formula is C24H28N4O9. The minimum absolute atomic E-state index is 0.0751. The average Bonchev–Trinajstić information content (AvgIpc) is 3.39. The Morgan fingerprint density at radius 1 is 1.16 bits per heavy atom. The van der Waals surface area contributed by atoms with Crippen molar-refractivity contribution in [3.63, 3.8) is 0 Å². The molecule has 0 spiro atoms. The van der Waals surface area contributed by atoms with Gasteiger partial charge in [0, 0.05) is 31.5 Å². The van der Waals surface area contributed by atoms with Crippen molar-refractivity contribution in [1.29, 1.82) is 0 Å². The Balaban J connectivity index is 1.35. The number of aliphatic hydroxyl groups is 1. The van der Waals surface area contributed by atoms with Gasteiger partial charge in [0.2, 0.25) is 13.1 Å². The summed E-state index contributed by atoms with van der Waals surface area (Å²) in [5.41, 5.74) is 0.822. The first-order valence-corrected chi connectivity index (χ1v) is 11.7. The van der Waals surface area contributed by atoms with E-state index in [0.717, 1.165) is 11.8 Å². The molecule has 0 fully saturated rings. The van der Waals surface area contributed by atoms with Gasteiger partial charge in [-0.1, -0.05) is 6.07 Å². The molecule has 0 saturated heterocycles. The van der Waals surface area contributed by atoms with E-state index < -0.39 is 17.1 Å². The van der Waals surface area contributed by atoms with Gasteiger partial charge in [0.15, 0.2) is 17.3 Å². The van der Waals surface area contributed by atoms with Crippen LogP contribution >= 0.6 is 0 Å². The van der Waals surface area contributed by atoms with E-state index in [0.29, 0.717) is 30.3 Å². The lowest BCUT2D eigenvalue weighted by Gasteiger charge is -2.29. The molecular weight excluding hydrogens is 488 g/mol. The standard InChI is InChI=1S/C24H28N4O9/c29-7-8-33-9-10-34-23-13-17(16-1-3-19-20(11-16)36-15-35-19)12-21(37-23)24(30)26-6-5-25-22-4-2-18(14-27-22)28(31)32/h1-4,11-12,14,17,23,29H,5-10,13,15H2,(H,25,27)(H,26,30)/t17-,23+/m0/s1. The number of aromatic nitrogens is 1. The molecule has 3 N–H and O–H groups in total. The molecule has 2 aliphatic heterocycles. The summed E-state index contributed by atoms with van der Waals surface area (Å²) in [6, 6.07) is 8.47. The van der Waals surface area contributed by atoms with Crippen LogP contribution in [0.5, 0.6) is 11.5 Å². The van der Waals surface area contributed by atoms with Crippen LogP contribution in [0.1, 0.15) is 17.9 Å². The molecule has 13 nitrogen and oxygen atoms in total.